The molecular weight excluding hydrogens is 355 g/mol. The highest BCUT2D eigenvalue weighted by Crippen LogP contribution is 2.34. The summed E-state index contributed by atoms with van der Waals surface area (Å²) in [6.07, 6.45) is -2.49. The maximum absolute atomic E-state index is 12.9. The number of carbonyl (C=O) groups is 1. The molecule has 1 N–H and O–H groups in total. The summed E-state index contributed by atoms with van der Waals surface area (Å²) in [5.41, 5.74) is 0.757. The number of hydrogen-bond acceptors (Lipinski definition) is 5. The van der Waals surface area contributed by atoms with Crippen molar-refractivity contribution in [3.05, 3.63) is 35.9 Å². The third-order valence-electron chi connectivity index (χ3n) is 4.16. The second-order valence-electron chi connectivity index (χ2n) is 5.80. The Hall–Kier alpha value is -2.49. The number of rotatable bonds is 2. The zero-order valence-corrected chi connectivity index (χ0v) is 13.6. The minimum Gasteiger partial charge on any atom is -0.334 e. The molecular formula is C15H12F3N5OS. The first-order valence-electron chi connectivity index (χ1n) is 7.60. The highest BCUT2D eigenvalue weighted by atomic mass is 32.1. The number of fused-ring (bicyclic) bond motifs is 2. The average molecular weight is 367 g/mol. The van der Waals surface area contributed by atoms with E-state index in [2.05, 4.69) is 19.0 Å². The number of imidazole rings is 1. The fourth-order valence-electron chi connectivity index (χ4n) is 2.99. The molecule has 0 bridgehead atoms. The van der Waals surface area contributed by atoms with E-state index in [9.17, 15) is 18.0 Å². The van der Waals surface area contributed by atoms with Gasteiger partial charge in [-0.05, 0) is 25.0 Å². The largest absolute Gasteiger partial charge is 0.434 e. The summed E-state index contributed by atoms with van der Waals surface area (Å²) < 4.78 is 48.4. The molecule has 1 atom stereocenters. The first-order chi connectivity index (χ1) is 11.9. The van der Waals surface area contributed by atoms with Gasteiger partial charge < -0.3 is 9.88 Å². The lowest BCUT2D eigenvalue weighted by atomic mass is 9.98. The number of alkyl halides is 3. The summed E-state index contributed by atoms with van der Waals surface area (Å²) in [6, 6.07) is 5.21. The van der Waals surface area contributed by atoms with E-state index in [0.29, 0.717) is 36.1 Å². The summed E-state index contributed by atoms with van der Waals surface area (Å²) in [5, 5.41) is 2.76. The Kier molecular flexibility index (Phi) is 3.71. The van der Waals surface area contributed by atoms with Crippen LogP contribution in [0.15, 0.2) is 24.4 Å². The van der Waals surface area contributed by atoms with Gasteiger partial charge in [-0.1, -0.05) is 6.07 Å². The predicted molar refractivity (Wildman–Crippen MR) is 85.2 cm³/mol. The van der Waals surface area contributed by atoms with Crippen molar-refractivity contribution in [3.8, 4) is 0 Å². The molecule has 10 heteroatoms. The molecule has 0 saturated carbocycles. The normalized spacial score (nSPS) is 17.5. The molecule has 3 aromatic rings. The lowest BCUT2D eigenvalue weighted by molar-refractivity contribution is -0.141. The van der Waals surface area contributed by atoms with Crippen LogP contribution in [0, 0.1) is 0 Å². The first kappa shape index (κ1) is 16.0. The Balaban J connectivity index is 1.64. The molecule has 1 aromatic carbocycles. The predicted octanol–water partition coefficient (Wildman–Crippen LogP) is 3.42. The van der Waals surface area contributed by atoms with Crippen LogP contribution in [-0.4, -0.2) is 24.2 Å². The molecule has 25 heavy (non-hydrogen) atoms. The highest BCUT2D eigenvalue weighted by molar-refractivity contribution is 7.00. The molecule has 0 radical (unpaired) electrons. The zero-order chi connectivity index (χ0) is 17.6. The van der Waals surface area contributed by atoms with Gasteiger partial charge in [-0.15, -0.1) is 0 Å². The van der Waals surface area contributed by atoms with E-state index in [0.717, 1.165) is 17.9 Å². The van der Waals surface area contributed by atoms with Crippen molar-refractivity contribution in [2.75, 3.05) is 5.32 Å². The van der Waals surface area contributed by atoms with Crippen LogP contribution in [0.1, 0.15) is 30.3 Å². The quantitative estimate of drug-likeness (QED) is 0.753. The topological polar surface area (TPSA) is 72.7 Å². The van der Waals surface area contributed by atoms with Crippen LogP contribution in [0.25, 0.3) is 11.0 Å². The van der Waals surface area contributed by atoms with Crippen LogP contribution in [0.3, 0.4) is 0 Å². The zero-order valence-electron chi connectivity index (χ0n) is 12.7. The Morgan fingerprint density at radius 1 is 1.32 bits per heavy atom. The number of halogens is 3. The molecule has 0 fully saturated rings. The molecule has 4 rings (SSSR count). The van der Waals surface area contributed by atoms with E-state index in [4.69, 9.17) is 0 Å². The van der Waals surface area contributed by atoms with Crippen LogP contribution in [0.2, 0.25) is 0 Å². The molecule has 3 heterocycles. The standard InChI is InChI=1S/C15H12F3N5OS/c16-15(17,18)11-7-23-6-2-3-8(13(23)20-11)14(24)19-9-4-1-5-10-12(9)22-25-21-10/h1,4-5,7-8H,2-3,6H2,(H,19,24). The minimum atomic E-state index is -4.52. The van der Waals surface area contributed by atoms with Gasteiger partial charge in [-0.25, -0.2) is 4.98 Å². The SMILES string of the molecule is O=C(Nc1cccc2nsnc12)C1CCCn2cc(C(F)(F)F)nc21. The number of hydrogen-bond donors (Lipinski definition) is 1. The third kappa shape index (κ3) is 2.86. The number of benzene rings is 1. The van der Waals surface area contributed by atoms with Gasteiger partial charge in [-0.2, -0.15) is 21.9 Å². The van der Waals surface area contributed by atoms with Crippen LogP contribution < -0.4 is 5.32 Å². The molecule has 1 aliphatic rings. The summed E-state index contributed by atoms with van der Waals surface area (Å²) in [7, 11) is 0. The molecule has 130 valence electrons. The van der Waals surface area contributed by atoms with Crippen molar-refractivity contribution in [1.82, 2.24) is 18.3 Å². The van der Waals surface area contributed by atoms with Gasteiger partial charge in [0.25, 0.3) is 0 Å². The van der Waals surface area contributed by atoms with E-state index in [1.54, 1.807) is 18.2 Å². The molecule has 0 saturated heterocycles. The number of nitrogens with one attached hydrogen (secondary N) is 1. The van der Waals surface area contributed by atoms with Crippen molar-refractivity contribution in [2.45, 2.75) is 31.5 Å². The summed E-state index contributed by atoms with van der Waals surface area (Å²) >= 11 is 1.03. The molecule has 1 amide bonds. The Labute approximate surface area is 144 Å². The Morgan fingerprint density at radius 3 is 2.96 bits per heavy atom. The van der Waals surface area contributed by atoms with E-state index < -0.39 is 17.8 Å². The fraction of sp³-hybridized carbons (Fsp3) is 0.333. The highest BCUT2D eigenvalue weighted by Gasteiger charge is 2.38. The lowest BCUT2D eigenvalue weighted by Crippen LogP contribution is -2.27. The number of amides is 1. The summed E-state index contributed by atoms with van der Waals surface area (Å²) in [6.45, 7) is 0.424. The number of carbonyl (C=O) groups excluding carboxylic acids is 1. The third-order valence-corrected chi connectivity index (χ3v) is 4.70. The maximum Gasteiger partial charge on any atom is 0.434 e. The van der Waals surface area contributed by atoms with Gasteiger partial charge in [0.15, 0.2) is 5.69 Å². The Morgan fingerprint density at radius 2 is 2.16 bits per heavy atom. The number of anilines is 1. The Bertz CT molecular complexity index is 948. The van der Waals surface area contributed by atoms with Gasteiger partial charge >= 0.3 is 6.18 Å². The van der Waals surface area contributed by atoms with Gasteiger partial charge in [0.2, 0.25) is 5.91 Å². The number of aromatic nitrogens is 4. The van der Waals surface area contributed by atoms with Crippen molar-refractivity contribution < 1.29 is 18.0 Å². The van der Waals surface area contributed by atoms with Crippen molar-refractivity contribution in [2.24, 2.45) is 0 Å². The monoisotopic (exact) mass is 367 g/mol. The van der Waals surface area contributed by atoms with E-state index in [-0.39, 0.29) is 11.7 Å². The van der Waals surface area contributed by atoms with Crippen LogP contribution in [-0.2, 0) is 17.5 Å². The molecule has 1 unspecified atom stereocenters. The lowest BCUT2D eigenvalue weighted by Gasteiger charge is -2.22. The van der Waals surface area contributed by atoms with Crippen molar-refractivity contribution >= 4 is 34.4 Å². The maximum atomic E-state index is 12.9. The van der Waals surface area contributed by atoms with Crippen LogP contribution in [0.5, 0.6) is 0 Å². The van der Waals surface area contributed by atoms with Gasteiger partial charge in [0.05, 0.1) is 23.3 Å². The molecule has 1 aliphatic heterocycles. The summed E-state index contributed by atoms with van der Waals surface area (Å²) in [5.74, 6) is -0.966. The minimum absolute atomic E-state index is 0.152. The van der Waals surface area contributed by atoms with Gasteiger partial charge in [0.1, 0.15) is 16.9 Å². The molecule has 2 aromatic heterocycles. The second-order valence-corrected chi connectivity index (χ2v) is 6.33. The van der Waals surface area contributed by atoms with E-state index >= 15 is 0 Å². The molecule has 6 nitrogen and oxygen atoms in total. The smallest absolute Gasteiger partial charge is 0.334 e. The van der Waals surface area contributed by atoms with Crippen LogP contribution >= 0.6 is 11.7 Å². The van der Waals surface area contributed by atoms with Crippen molar-refractivity contribution in [3.63, 3.8) is 0 Å². The van der Waals surface area contributed by atoms with E-state index in [1.165, 1.54) is 4.57 Å². The summed E-state index contributed by atoms with van der Waals surface area (Å²) in [4.78, 5) is 16.3. The van der Waals surface area contributed by atoms with Crippen LogP contribution in [0.4, 0.5) is 18.9 Å². The van der Waals surface area contributed by atoms with Gasteiger partial charge in [0, 0.05) is 12.7 Å². The second kappa shape index (κ2) is 5.80. The molecule has 0 spiro atoms. The van der Waals surface area contributed by atoms with Gasteiger partial charge in [-0.3, -0.25) is 4.79 Å². The number of nitrogens with zero attached hydrogens (tertiary/aromatic N) is 4. The average Bonchev–Trinajstić information content (AvgIpc) is 3.21. The molecule has 0 aliphatic carbocycles. The van der Waals surface area contributed by atoms with Crippen molar-refractivity contribution in [1.29, 1.82) is 0 Å². The first-order valence-corrected chi connectivity index (χ1v) is 8.33. The number of aryl methyl sites for hydroxylation is 1. The van der Waals surface area contributed by atoms with E-state index in [1.807, 2.05) is 0 Å². The fourth-order valence-corrected chi connectivity index (χ4v) is 3.54.